The van der Waals surface area contributed by atoms with Crippen molar-refractivity contribution in [2.45, 2.75) is 44.8 Å². The Morgan fingerprint density at radius 3 is 2.93 bits per heavy atom. The molecular weight excluding hydrogens is 340 g/mol. The van der Waals surface area contributed by atoms with Crippen LogP contribution in [0.2, 0.25) is 0 Å². The Kier molecular flexibility index (Phi) is 3.82. The molecule has 27 heavy (non-hydrogen) atoms. The van der Waals surface area contributed by atoms with Crippen molar-refractivity contribution in [3.8, 4) is 0 Å². The Morgan fingerprint density at radius 1 is 1.26 bits per heavy atom. The SMILES string of the molecule is CCn1ncc2c(Nc3cccnc3)c(C3=CC4(CCCC4)ON3)cnc21. The lowest BCUT2D eigenvalue weighted by Crippen LogP contribution is -2.25. The molecule has 0 atom stereocenters. The van der Waals surface area contributed by atoms with E-state index in [1.165, 1.54) is 12.8 Å². The van der Waals surface area contributed by atoms with Crippen LogP contribution < -0.4 is 10.8 Å². The zero-order chi connectivity index (χ0) is 18.3. The molecule has 0 aromatic carbocycles. The smallest absolute Gasteiger partial charge is 0.159 e. The molecule has 3 aromatic rings. The van der Waals surface area contributed by atoms with E-state index in [2.05, 4.69) is 38.9 Å². The Bertz CT molecular complexity index is 1000. The molecule has 2 N–H and O–H groups in total. The molecule has 0 saturated heterocycles. The molecule has 1 aliphatic heterocycles. The summed E-state index contributed by atoms with van der Waals surface area (Å²) in [7, 11) is 0. The number of aryl methyl sites for hydroxylation is 1. The fourth-order valence-electron chi connectivity index (χ4n) is 4.01. The van der Waals surface area contributed by atoms with E-state index in [-0.39, 0.29) is 5.60 Å². The number of anilines is 2. The van der Waals surface area contributed by atoms with E-state index in [1.54, 1.807) is 6.20 Å². The third-order valence-electron chi connectivity index (χ3n) is 5.41. The molecule has 3 aromatic heterocycles. The summed E-state index contributed by atoms with van der Waals surface area (Å²) < 4.78 is 1.90. The molecule has 0 amide bonds. The zero-order valence-corrected chi connectivity index (χ0v) is 15.3. The predicted molar refractivity (Wildman–Crippen MR) is 104 cm³/mol. The largest absolute Gasteiger partial charge is 0.353 e. The second-order valence-corrected chi connectivity index (χ2v) is 7.15. The molecule has 2 aliphatic rings. The lowest BCUT2D eigenvalue weighted by Gasteiger charge is -2.17. The van der Waals surface area contributed by atoms with Gasteiger partial charge in [0.2, 0.25) is 0 Å². The van der Waals surface area contributed by atoms with Crippen molar-refractivity contribution >= 4 is 28.1 Å². The standard InChI is InChI=1S/C20H22N6O/c1-2-26-19-16(13-23-26)18(24-14-6-5-9-21-11-14)15(12-22-19)17-10-20(27-25-17)7-3-4-8-20/h5-6,9-13,25H,2-4,7-8H2,1H3,(H,22,24). The van der Waals surface area contributed by atoms with Gasteiger partial charge in [0.05, 0.1) is 34.9 Å². The van der Waals surface area contributed by atoms with Crippen molar-refractivity contribution in [3.63, 3.8) is 0 Å². The van der Waals surface area contributed by atoms with E-state index in [1.807, 2.05) is 35.4 Å². The van der Waals surface area contributed by atoms with Crippen LogP contribution in [0.5, 0.6) is 0 Å². The van der Waals surface area contributed by atoms with Gasteiger partial charge in [0.1, 0.15) is 5.60 Å². The second-order valence-electron chi connectivity index (χ2n) is 7.15. The van der Waals surface area contributed by atoms with Gasteiger partial charge in [-0.1, -0.05) is 12.8 Å². The first kappa shape index (κ1) is 16.3. The van der Waals surface area contributed by atoms with Crippen LogP contribution in [-0.4, -0.2) is 25.3 Å². The van der Waals surface area contributed by atoms with Crippen molar-refractivity contribution < 1.29 is 4.84 Å². The first-order valence-electron chi connectivity index (χ1n) is 9.47. The maximum Gasteiger partial charge on any atom is 0.159 e. The summed E-state index contributed by atoms with van der Waals surface area (Å²) in [6.07, 6.45) is 14.1. The van der Waals surface area contributed by atoms with Crippen molar-refractivity contribution in [2.24, 2.45) is 0 Å². The van der Waals surface area contributed by atoms with Crippen LogP contribution in [-0.2, 0) is 11.4 Å². The number of rotatable bonds is 4. The number of nitrogens with zero attached hydrogens (tertiary/aromatic N) is 4. The summed E-state index contributed by atoms with van der Waals surface area (Å²) in [5.41, 5.74) is 7.66. The van der Waals surface area contributed by atoms with Gasteiger partial charge in [0.15, 0.2) is 5.65 Å². The van der Waals surface area contributed by atoms with Gasteiger partial charge < -0.3 is 5.32 Å². The van der Waals surface area contributed by atoms with Crippen LogP contribution >= 0.6 is 0 Å². The number of hydrogen-bond acceptors (Lipinski definition) is 6. The van der Waals surface area contributed by atoms with Crippen LogP contribution in [0.3, 0.4) is 0 Å². The van der Waals surface area contributed by atoms with Gasteiger partial charge in [-0.15, -0.1) is 0 Å². The predicted octanol–water partition coefficient (Wildman–Crippen LogP) is 3.78. The third-order valence-corrected chi connectivity index (χ3v) is 5.41. The van der Waals surface area contributed by atoms with Crippen molar-refractivity contribution in [1.29, 1.82) is 0 Å². The lowest BCUT2D eigenvalue weighted by molar-refractivity contribution is -0.0289. The van der Waals surface area contributed by atoms with Crippen molar-refractivity contribution in [1.82, 2.24) is 25.2 Å². The van der Waals surface area contributed by atoms with Crippen LogP contribution in [0.25, 0.3) is 16.7 Å². The number of nitrogens with one attached hydrogen (secondary N) is 2. The Labute approximate surface area is 157 Å². The van der Waals surface area contributed by atoms with Gasteiger partial charge in [-0.3, -0.25) is 15.3 Å². The van der Waals surface area contributed by atoms with Crippen LogP contribution in [0.1, 0.15) is 38.2 Å². The number of pyridine rings is 2. The highest BCUT2D eigenvalue weighted by molar-refractivity contribution is 5.97. The summed E-state index contributed by atoms with van der Waals surface area (Å²) >= 11 is 0. The average Bonchev–Trinajstić information content (AvgIpc) is 3.44. The highest BCUT2D eigenvalue weighted by Gasteiger charge is 2.38. The molecule has 0 bridgehead atoms. The normalized spacial score (nSPS) is 18.0. The van der Waals surface area contributed by atoms with Gasteiger partial charge in [0, 0.05) is 24.5 Å². The summed E-state index contributed by atoms with van der Waals surface area (Å²) in [6, 6.07) is 3.91. The minimum Gasteiger partial charge on any atom is -0.353 e. The fourth-order valence-corrected chi connectivity index (χ4v) is 4.01. The third kappa shape index (κ3) is 2.75. The van der Waals surface area contributed by atoms with Gasteiger partial charge >= 0.3 is 0 Å². The Balaban J connectivity index is 1.64. The van der Waals surface area contributed by atoms with Gasteiger partial charge in [0.25, 0.3) is 0 Å². The van der Waals surface area contributed by atoms with E-state index in [0.29, 0.717) is 0 Å². The molecule has 4 heterocycles. The van der Waals surface area contributed by atoms with Crippen LogP contribution in [0.15, 0.2) is 43.0 Å². The molecule has 5 rings (SSSR count). The first-order valence-corrected chi connectivity index (χ1v) is 9.47. The fraction of sp³-hybridized carbons (Fsp3) is 0.350. The Hall–Kier alpha value is -2.93. The highest BCUT2D eigenvalue weighted by Crippen LogP contribution is 2.41. The van der Waals surface area contributed by atoms with Gasteiger partial charge in [-0.2, -0.15) is 5.10 Å². The van der Waals surface area contributed by atoms with Gasteiger partial charge in [-0.25, -0.2) is 9.67 Å². The average molecular weight is 362 g/mol. The number of fused-ring (bicyclic) bond motifs is 1. The summed E-state index contributed by atoms with van der Waals surface area (Å²) in [6.45, 7) is 2.84. The monoisotopic (exact) mass is 362 g/mol. The van der Waals surface area contributed by atoms with E-state index in [0.717, 1.165) is 53.1 Å². The van der Waals surface area contributed by atoms with E-state index < -0.39 is 0 Å². The van der Waals surface area contributed by atoms with Gasteiger partial charge in [-0.05, 0) is 38.0 Å². The molecule has 0 unspecified atom stereocenters. The maximum absolute atomic E-state index is 5.98. The van der Waals surface area contributed by atoms with E-state index >= 15 is 0 Å². The molecule has 1 fully saturated rings. The topological polar surface area (TPSA) is 76.9 Å². The molecule has 138 valence electrons. The molecule has 0 radical (unpaired) electrons. The van der Waals surface area contributed by atoms with E-state index in [4.69, 9.17) is 4.84 Å². The molecule has 1 aliphatic carbocycles. The maximum atomic E-state index is 5.98. The van der Waals surface area contributed by atoms with Crippen molar-refractivity contribution in [3.05, 3.63) is 48.6 Å². The zero-order valence-electron chi connectivity index (χ0n) is 15.3. The summed E-state index contributed by atoms with van der Waals surface area (Å²) in [5, 5.41) is 8.98. The van der Waals surface area contributed by atoms with E-state index in [9.17, 15) is 0 Å². The molecule has 1 saturated carbocycles. The van der Waals surface area contributed by atoms with Crippen molar-refractivity contribution in [2.75, 3.05) is 5.32 Å². The molecule has 7 heteroatoms. The quantitative estimate of drug-likeness (QED) is 0.736. The van der Waals surface area contributed by atoms with Crippen LogP contribution in [0.4, 0.5) is 11.4 Å². The Morgan fingerprint density at radius 2 is 2.15 bits per heavy atom. The summed E-state index contributed by atoms with van der Waals surface area (Å²) in [4.78, 5) is 14.9. The summed E-state index contributed by atoms with van der Waals surface area (Å²) in [5.74, 6) is 0. The number of aromatic nitrogens is 4. The molecule has 7 nitrogen and oxygen atoms in total. The van der Waals surface area contributed by atoms with Crippen LogP contribution in [0, 0.1) is 0 Å². The number of hydrogen-bond donors (Lipinski definition) is 2. The molecule has 1 spiro atoms. The first-order chi connectivity index (χ1) is 13.3. The second kappa shape index (κ2) is 6.35. The minimum absolute atomic E-state index is 0.177. The number of hydroxylamine groups is 1. The highest BCUT2D eigenvalue weighted by atomic mass is 16.7. The minimum atomic E-state index is -0.177. The molecular formula is C20H22N6O. The lowest BCUT2D eigenvalue weighted by atomic mass is 9.99.